The van der Waals surface area contributed by atoms with Gasteiger partial charge in [-0.15, -0.1) is 0 Å². The molecule has 1 aliphatic carbocycles. The molecule has 204 valence electrons. The summed E-state index contributed by atoms with van der Waals surface area (Å²) in [6, 6.07) is 0. The zero-order valence-corrected chi connectivity index (χ0v) is 21.9. The van der Waals surface area contributed by atoms with Gasteiger partial charge in [0.15, 0.2) is 0 Å². The lowest BCUT2D eigenvalue weighted by atomic mass is 9.89. The molecule has 9 nitrogen and oxygen atoms in total. The molecule has 0 bridgehead atoms. The number of unbranched alkanes of at least 4 members (excludes halogenated alkanes) is 1. The Morgan fingerprint density at radius 2 is 1.74 bits per heavy atom. The summed E-state index contributed by atoms with van der Waals surface area (Å²) in [5.74, 6) is -0.150. The van der Waals surface area contributed by atoms with Gasteiger partial charge in [0.1, 0.15) is 13.6 Å². The Hall–Kier alpha value is -1.33. The van der Waals surface area contributed by atoms with Crippen LogP contribution < -0.4 is 0 Å². The van der Waals surface area contributed by atoms with Crippen LogP contribution in [0.3, 0.4) is 0 Å². The van der Waals surface area contributed by atoms with Crippen LogP contribution in [0.25, 0.3) is 0 Å². The maximum Gasteiger partial charge on any atom is 0.330 e. The number of methoxy groups -OCH3 is 3. The molecule has 0 heterocycles. The average molecular weight is 503 g/mol. The van der Waals surface area contributed by atoms with E-state index in [-0.39, 0.29) is 43.7 Å². The number of aliphatic hydroxyl groups excluding tert-OH is 1. The fraction of sp³-hybridized carbons (Fsp3) is 0.808. The third-order valence-electron chi connectivity index (χ3n) is 6.02. The second-order valence-corrected chi connectivity index (χ2v) is 8.56. The Bertz CT molecular complexity index is 581. The minimum atomic E-state index is -0.433. The van der Waals surface area contributed by atoms with E-state index in [9.17, 15) is 9.90 Å². The topological polar surface area (TPSA) is 102 Å². The van der Waals surface area contributed by atoms with Gasteiger partial charge in [-0.3, -0.25) is 0 Å². The number of hydrogen-bond acceptors (Lipinski definition) is 9. The number of carbonyl (C=O) groups excluding carboxylic acids is 1. The average Bonchev–Trinajstić information content (AvgIpc) is 3.27. The smallest absolute Gasteiger partial charge is 0.330 e. The fourth-order valence-electron chi connectivity index (χ4n) is 3.97. The van der Waals surface area contributed by atoms with Crippen molar-refractivity contribution < 1.29 is 43.1 Å². The van der Waals surface area contributed by atoms with Crippen molar-refractivity contribution in [2.24, 2.45) is 11.8 Å². The highest BCUT2D eigenvalue weighted by atomic mass is 16.7. The Kier molecular flexibility index (Phi) is 18.9. The van der Waals surface area contributed by atoms with Crippen molar-refractivity contribution in [1.82, 2.24) is 0 Å². The van der Waals surface area contributed by atoms with Crippen LogP contribution in [0.4, 0.5) is 0 Å². The second-order valence-electron chi connectivity index (χ2n) is 8.56. The van der Waals surface area contributed by atoms with Gasteiger partial charge in [-0.2, -0.15) is 0 Å². The minimum absolute atomic E-state index is 0.00569. The van der Waals surface area contributed by atoms with Crippen molar-refractivity contribution in [3.05, 3.63) is 24.3 Å². The summed E-state index contributed by atoms with van der Waals surface area (Å²) in [6.07, 6.45) is 11.9. The number of aliphatic hydroxyl groups is 1. The maximum absolute atomic E-state index is 11.7. The van der Waals surface area contributed by atoms with Crippen molar-refractivity contribution >= 4 is 5.97 Å². The van der Waals surface area contributed by atoms with Gasteiger partial charge in [-0.25, -0.2) is 4.79 Å². The molecule has 1 aliphatic rings. The van der Waals surface area contributed by atoms with E-state index in [0.29, 0.717) is 26.4 Å². The number of carbonyl (C=O) groups is 1. The number of esters is 1. The predicted octanol–water partition coefficient (Wildman–Crippen LogP) is 3.25. The second kappa shape index (κ2) is 20.8. The molecule has 1 rings (SSSR count). The first-order valence-corrected chi connectivity index (χ1v) is 12.5. The van der Waals surface area contributed by atoms with Gasteiger partial charge in [0.05, 0.1) is 51.8 Å². The van der Waals surface area contributed by atoms with E-state index in [2.05, 4.69) is 12.2 Å². The van der Waals surface area contributed by atoms with Gasteiger partial charge in [-0.05, 0) is 56.4 Å². The Labute approximate surface area is 210 Å². The normalized spacial score (nSPS) is 22.3. The predicted molar refractivity (Wildman–Crippen MR) is 132 cm³/mol. The van der Waals surface area contributed by atoms with Crippen LogP contribution in [0.1, 0.15) is 45.4 Å². The van der Waals surface area contributed by atoms with Gasteiger partial charge in [0, 0.05) is 20.3 Å². The summed E-state index contributed by atoms with van der Waals surface area (Å²) in [4.78, 5) is 11.7. The van der Waals surface area contributed by atoms with Crippen LogP contribution in [0.2, 0.25) is 0 Å². The Morgan fingerprint density at radius 1 is 1.03 bits per heavy atom. The first-order chi connectivity index (χ1) is 17.0. The van der Waals surface area contributed by atoms with Crippen molar-refractivity contribution in [1.29, 1.82) is 0 Å². The highest BCUT2D eigenvalue weighted by Gasteiger charge is 2.38. The molecule has 0 saturated heterocycles. The Morgan fingerprint density at radius 3 is 2.40 bits per heavy atom. The number of ether oxygens (including phenoxy) is 7. The lowest BCUT2D eigenvalue weighted by Crippen LogP contribution is -2.27. The lowest BCUT2D eigenvalue weighted by Gasteiger charge is -2.25. The number of hydrogen-bond donors (Lipinski definition) is 1. The van der Waals surface area contributed by atoms with Crippen LogP contribution in [0.5, 0.6) is 0 Å². The van der Waals surface area contributed by atoms with E-state index < -0.39 is 5.97 Å². The van der Waals surface area contributed by atoms with Crippen LogP contribution in [0.15, 0.2) is 24.3 Å². The first-order valence-electron chi connectivity index (χ1n) is 12.5. The third-order valence-corrected chi connectivity index (χ3v) is 6.02. The van der Waals surface area contributed by atoms with Gasteiger partial charge < -0.3 is 38.3 Å². The van der Waals surface area contributed by atoms with Crippen molar-refractivity contribution in [3.63, 3.8) is 0 Å². The third kappa shape index (κ3) is 14.7. The molecule has 0 aromatic rings. The molecule has 0 amide bonds. The molecule has 0 radical (unpaired) electrons. The monoisotopic (exact) mass is 502 g/mol. The lowest BCUT2D eigenvalue weighted by molar-refractivity contribution is -0.135. The van der Waals surface area contributed by atoms with Crippen LogP contribution in [-0.4, -0.2) is 90.7 Å². The zero-order chi connectivity index (χ0) is 25.7. The van der Waals surface area contributed by atoms with Gasteiger partial charge in [-0.1, -0.05) is 19.1 Å². The molecule has 0 aliphatic heterocycles. The maximum atomic E-state index is 11.7. The van der Waals surface area contributed by atoms with Gasteiger partial charge in [0.2, 0.25) is 0 Å². The molecular weight excluding hydrogens is 456 g/mol. The molecule has 1 saturated carbocycles. The molecular formula is C26H46O9. The molecule has 0 unspecified atom stereocenters. The summed E-state index contributed by atoms with van der Waals surface area (Å²) >= 11 is 0. The van der Waals surface area contributed by atoms with Crippen molar-refractivity contribution in [3.8, 4) is 0 Å². The van der Waals surface area contributed by atoms with E-state index in [1.165, 1.54) is 13.2 Å². The summed E-state index contributed by atoms with van der Waals surface area (Å²) in [5.41, 5.74) is 0. The van der Waals surface area contributed by atoms with E-state index >= 15 is 0 Å². The van der Waals surface area contributed by atoms with Crippen LogP contribution >= 0.6 is 0 Å². The summed E-state index contributed by atoms with van der Waals surface area (Å²) in [7, 11) is 4.59. The quantitative estimate of drug-likeness (QED) is 0.0833. The first kappa shape index (κ1) is 31.7. The van der Waals surface area contributed by atoms with Crippen molar-refractivity contribution in [2.75, 3.05) is 61.3 Å². The standard InChI is InChI=1S/C26H46O9/c1-5-22(27)10-8-6-7-9-21-17-23(34-19-32-15-13-29-2)18-24(21)25(11-12-26(28)31-4)35-20-33-16-14-30-3/h7,9,11-12,21-25,27H,5-6,8,10,13-20H2,1-4H3/b9-7+,12-11+/t21-,22+,23+,24-,25-/m1/s1. The van der Waals surface area contributed by atoms with Gasteiger partial charge in [0.25, 0.3) is 0 Å². The molecule has 0 aromatic carbocycles. The molecule has 5 atom stereocenters. The highest BCUT2D eigenvalue weighted by Crippen LogP contribution is 2.39. The summed E-state index contributed by atoms with van der Waals surface area (Å²) < 4.78 is 37.8. The molecule has 0 aromatic heterocycles. The molecule has 35 heavy (non-hydrogen) atoms. The number of allylic oxidation sites excluding steroid dienone is 2. The van der Waals surface area contributed by atoms with E-state index in [0.717, 1.165) is 38.5 Å². The highest BCUT2D eigenvalue weighted by molar-refractivity contribution is 5.81. The molecule has 1 N–H and O–H groups in total. The largest absolute Gasteiger partial charge is 0.466 e. The Balaban J connectivity index is 2.81. The number of rotatable bonds is 21. The van der Waals surface area contributed by atoms with Crippen LogP contribution in [0, 0.1) is 11.8 Å². The zero-order valence-electron chi connectivity index (χ0n) is 21.9. The fourth-order valence-corrected chi connectivity index (χ4v) is 3.97. The SMILES string of the molecule is CC[C@H](O)CCC/C=C/[C@@H]1C[C@H](OCOCCOC)C[C@H]1[C@@H](/C=C/C(=O)OC)OCOCCOC. The molecule has 9 heteroatoms. The van der Waals surface area contributed by atoms with Crippen molar-refractivity contribution in [2.45, 2.75) is 63.8 Å². The van der Waals surface area contributed by atoms with E-state index in [1.54, 1.807) is 20.3 Å². The minimum Gasteiger partial charge on any atom is -0.466 e. The molecule has 0 spiro atoms. The summed E-state index contributed by atoms with van der Waals surface area (Å²) in [6.45, 7) is 4.18. The summed E-state index contributed by atoms with van der Waals surface area (Å²) in [5, 5.41) is 9.77. The van der Waals surface area contributed by atoms with Gasteiger partial charge >= 0.3 is 5.97 Å². The molecule has 1 fully saturated rings. The van der Waals surface area contributed by atoms with E-state index in [4.69, 9.17) is 33.2 Å². The van der Waals surface area contributed by atoms with E-state index in [1.807, 2.05) is 6.92 Å². The van der Waals surface area contributed by atoms with Crippen LogP contribution in [-0.2, 0) is 38.0 Å².